The van der Waals surface area contributed by atoms with Crippen LogP contribution in [0.3, 0.4) is 0 Å². The van der Waals surface area contributed by atoms with Gasteiger partial charge in [-0.05, 0) is 37.1 Å². The standard InChI is InChI=1S/C14H12N2.2ClH.Ni/c1-9-5-11-3-4-12-6-10(2)8-16-14(12)13(11)15-7-9;;;/h3-8H,1-2H3;2*1H;/q;;;+2/p-2. The van der Waals surface area contributed by atoms with Gasteiger partial charge < -0.3 is 0 Å². The fraction of sp³-hybridized carbons (Fsp3) is 0.143. The van der Waals surface area contributed by atoms with Crippen molar-refractivity contribution in [3.63, 3.8) is 0 Å². The van der Waals surface area contributed by atoms with Crippen molar-refractivity contribution >= 4 is 42.2 Å². The van der Waals surface area contributed by atoms with Crippen LogP contribution in [0.5, 0.6) is 0 Å². The predicted octanol–water partition coefficient (Wildman–Crippen LogP) is 4.78. The molecule has 2 aromatic heterocycles. The molecule has 0 radical (unpaired) electrons. The normalized spacial score (nSPS) is 10.5. The quantitative estimate of drug-likeness (QED) is 0.436. The van der Waals surface area contributed by atoms with Gasteiger partial charge in [-0.1, -0.05) is 12.1 Å². The van der Waals surface area contributed by atoms with Gasteiger partial charge in [0.25, 0.3) is 0 Å². The number of aromatic nitrogens is 2. The maximum atomic E-state index is 4.70. The van der Waals surface area contributed by atoms with Gasteiger partial charge >= 0.3 is 33.0 Å². The Morgan fingerprint density at radius 1 is 0.842 bits per heavy atom. The topological polar surface area (TPSA) is 25.8 Å². The van der Waals surface area contributed by atoms with Gasteiger partial charge in [-0.15, -0.1) is 0 Å². The zero-order valence-corrected chi connectivity index (χ0v) is 12.9. The number of nitrogens with zero attached hydrogens (tertiary/aromatic N) is 2. The van der Waals surface area contributed by atoms with E-state index in [-0.39, 0.29) is 0 Å². The molecule has 5 heteroatoms. The molecule has 0 aliphatic heterocycles. The first-order valence-corrected chi connectivity index (χ1v) is 8.31. The van der Waals surface area contributed by atoms with Crippen molar-refractivity contribution in [1.29, 1.82) is 0 Å². The molecule has 19 heavy (non-hydrogen) atoms. The van der Waals surface area contributed by atoms with Gasteiger partial charge in [0.05, 0.1) is 11.0 Å². The van der Waals surface area contributed by atoms with Crippen LogP contribution < -0.4 is 0 Å². The zero-order chi connectivity index (χ0) is 13.8. The van der Waals surface area contributed by atoms with Gasteiger partial charge in [0.1, 0.15) is 0 Å². The third-order valence-corrected chi connectivity index (χ3v) is 2.77. The van der Waals surface area contributed by atoms with E-state index in [1.54, 1.807) is 0 Å². The predicted molar refractivity (Wildman–Crippen MR) is 78.2 cm³/mol. The SMILES string of the molecule is Cc1cnc2c(ccc3cc(C)cnc32)c1.[Cl][Ni][Cl]. The molecule has 2 nitrogen and oxygen atoms in total. The Labute approximate surface area is 126 Å². The number of fused-ring (bicyclic) bond motifs is 3. The van der Waals surface area contributed by atoms with Crippen molar-refractivity contribution in [2.75, 3.05) is 0 Å². The molecule has 0 saturated heterocycles. The van der Waals surface area contributed by atoms with Gasteiger partial charge in [0, 0.05) is 23.2 Å². The summed E-state index contributed by atoms with van der Waals surface area (Å²) < 4.78 is 0. The molecule has 1 aromatic carbocycles. The van der Waals surface area contributed by atoms with E-state index in [1.165, 1.54) is 11.1 Å². The molecule has 3 rings (SSSR count). The molecule has 3 aromatic rings. The van der Waals surface area contributed by atoms with E-state index in [0.29, 0.717) is 12.7 Å². The Morgan fingerprint density at radius 2 is 1.21 bits per heavy atom. The van der Waals surface area contributed by atoms with E-state index < -0.39 is 0 Å². The molecule has 2 heterocycles. The van der Waals surface area contributed by atoms with Crippen LogP contribution in [0.2, 0.25) is 0 Å². The molecule has 0 bridgehead atoms. The summed E-state index contributed by atoms with van der Waals surface area (Å²) in [5.41, 5.74) is 4.34. The molecule has 0 aliphatic rings. The summed E-state index contributed by atoms with van der Waals surface area (Å²) >= 11 is 0.569. The molecule has 0 fully saturated rings. The molecule has 102 valence electrons. The summed E-state index contributed by atoms with van der Waals surface area (Å²) in [6.45, 7) is 4.11. The van der Waals surface area contributed by atoms with Gasteiger partial charge in [-0.3, -0.25) is 9.97 Å². The molecule has 0 atom stereocenters. The molecule has 0 saturated carbocycles. The van der Waals surface area contributed by atoms with Crippen LogP contribution in [0.15, 0.2) is 36.7 Å². The Morgan fingerprint density at radius 3 is 1.58 bits per heavy atom. The maximum absolute atomic E-state index is 4.70. The fourth-order valence-electron chi connectivity index (χ4n) is 2.01. The third-order valence-electron chi connectivity index (χ3n) is 2.77. The van der Waals surface area contributed by atoms with Crippen molar-refractivity contribution in [3.8, 4) is 0 Å². The van der Waals surface area contributed by atoms with E-state index in [9.17, 15) is 0 Å². The molecule has 0 unspecified atom stereocenters. The van der Waals surface area contributed by atoms with Gasteiger partial charge in [0.15, 0.2) is 0 Å². The average molecular weight is 338 g/mol. The van der Waals surface area contributed by atoms with Crippen molar-refractivity contribution in [3.05, 3.63) is 47.8 Å². The van der Waals surface area contributed by atoms with Crippen LogP contribution in [0, 0.1) is 13.8 Å². The molecule has 0 N–H and O–H groups in total. The van der Waals surface area contributed by atoms with Crippen molar-refractivity contribution < 1.29 is 12.7 Å². The number of aryl methyl sites for hydroxylation is 2. The Kier molecular flexibility index (Phi) is 4.98. The van der Waals surface area contributed by atoms with Gasteiger partial charge in [-0.2, -0.15) is 0 Å². The van der Waals surface area contributed by atoms with Crippen LogP contribution in [0.4, 0.5) is 0 Å². The first-order chi connectivity index (χ1) is 9.15. The molecule has 0 spiro atoms. The monoisotopic (exact) mass is 336 g/mol. The molecule has 0 amide bonds. The number of pyridine rings is 2. The van der Waals surface area contributed by atoms with Crippen molar-refractivity contribution in [2.45, 2.75) is 13.8 Å². The summed E-state index contributed by atoms with van der Waals surface area (Å²) in [7, 11) is 9.40. The summed E-state index contributed by atoms with van der Waals surface area (Å²) in [6.07, 6.45) is 3.78. The molecular formula is C14H12Cl2N2Ni. The van der Waals surface area contributed by atoms with Crippen LogP contribution >= 0.6 is 20.4 Å². The zero-order valence-electron chi connectivity index (χ0n) is 10.4. The summed E-state index contributed by atoms with van der Waals surface area (Å²) in [5.74, 6) is 0. The van der Waals surface area contributed by atoms with Crippen LogP contribution in [0.1, 0.15) is 11.1 Å². The fourth-order valence-corrected chi connectivity index (χ4v) is 2.01. The minimum atomic E-state index is 0.569. The minimum absolute atomic E-state index is 0.569. The van der Waals surface area contributed by atoms with Crippen molar-refractivity contribution in [2.24, 2.45) is 0 Å². The molecular weight excluding hydrogens is 326 g/mol. The second-order valence-electron chi connectivity index (χ2n) is 4.28. The first-order valence-electron chi connectivity index (χ1n) is 5.60. The second-order valence-corrected chi connectivity index (χ2v) is 5.91. The van der Waals surface area contributed by atoms with Crippen molar-refractivity contribution in [1.82, 2.24) is 9.97 Å². The number of hydrogen-bond donors (Lipinski definition) is 0. The van der Waals surface area contributed by atoms with Crippen LogP contribution in [0.25, 0.3) is 21.8 Å². The van der Waals surface area contributed by atoms with E-state index in [1.807, 2.05) is 12.4 Å². The van der Waals surface area contributed by atoms with Crippen LogP contribution in [-0.2, 0) is 12.7 Å². The number of hydrogen-bond acceptors (Lipinski definition) is 2. The number of halogens is 2. The Balaban J connectivity index is 0.000000408. The Hall–Kier alpha value is -0.886. The first kappa shape index (κ1) is 14.5. The van der Waals surface area contributed by atoms with E-state index in [4.69, 9.17) is 20.4 Å². The third kappa shape index (κ3) is 3.36. The summed E-state index contributed by atoms with van der Waals surface area (Å²) in [4.78, 5) is 8.95. The van der Waals surface area contributed by atoms with Crippen LogP contribution in [-0.4, -0.2) is 9.97 Å². The van der Waals surface area contributed by atoms with E-state index in [2.05, 4.69) is 48.1 Å². The number of benzene rings is 1. The summed E-state index contributed by atoms with van der Waals surface area (Å²) in [6, 6.07) is 8.50. The number of rotatable bonds is 0. The van der Waals surface area contributed by atoms with E-state index in [0.717, 1.165) is 21.8 Å². The Bertz CT molecular complexity index is 655. The second kappa shape index (κ2) is 6.52. The summed E-state index contributed by atoms with van der Waals surface area (Å²) in [5, 5.41) is 2.31. The van der Waals surface area contributed by atoms with Gasteiger partial charge in [0.2, 0.25) is 0 Å². The molecule has 0 aliphatic carbocycles. The van der Waals surface area contributed by atoms with Gasteiger partial charge in [-0.25, -0.2) is 0 Å². The van der Waals surface area contributed by atoms with E-state index >= 15 is 0 Å². The average Bonchev–Trinajstić information content (AvgIpc) is 2.39.